The highest BCUT2D eigenvalue weighted by Gasteiger charge is 2.30. The molecule has 2 heterocycles. The van der Waals surface area contributed by atoms with E-state index in [1.807, 2.05) is 21.0 Å². The maximum absolute atomic E-state index is 12.2. The molecular formula is C13H22N4O3. The Morgan fingerprint density at radius 1 is 1.50 bits per heavy atom. The number of carbonyl (C=O) groups excluding carboxylic acids is 1. The number of carbonyl (C=O) groups is 1. The van der Waals surface area contributed by atoms with Crippen LogP contribution in [0.5, 0.6) is 0 Å². The van der Waals surface area contributed by atoms with Crippen LogP contribution in [0.25, 0.3) is 0 Å². The summed E-state index contributed by atoms with van der Waals surface area (Å²) < 4.78 is 10.7. The molecule has 1 aliphatic heterocycles. The smallest absolute Gasteiger partial charge is 0.265 e. The second-order valence-electron chi connectivity index (χ2n) is 5.17. The van der Waals surface area contributed by atoms with Crippen LogP contribution in [-0.4, -0.2) is 42.9 Å². The molecule has 0 radical (unpaired) electrons. The van der Waals surface area contributed by atoms with E-state index in [0.717, 1.165) is 25.9 Å². The second-order valence-corrected chi connectivity index (χ2v) is 5.17. The molecule has 20 heavy (non-hydrogen) atoms. The Kier molecular flexibility index (Phi) is 4.94. The third-order valence-electron chi connectivity index (χ3n) is 3.45. The number of rotatable bonds is 5. The topological polar surface area (TPSA) is 80.5 Å². The summed E-state index contributed by atoms with van der Waals surface area (Å²) in [4.78, 5) is 18.1. The first-order valence-corrected chi connectivity index (χ1v) is 7.01. The van der Waals surface area contributed by atoms with Crippen molar-refractivity contribution in [3.8, 4) is 0 Å². The van der Waals surface area contributed by atoms with Crippen LogP contribution in [0, 0.1) is 5.92 Å². The van der Waals surface area contributed by atoms with Crippen molar-refractivity contribution < 1.29 is 14.1 Å². The average Bonchev–Trinajstić information content (AvgIpc) is 2.94. The first-order valence-electron chi connectivity index (χ1n) is 7.01. The zero-order chi connectivity index (χ0) is 14.5. The zero-order valence-corrected chi connectivity index (χ0v) is 12.3. The molecule has 112 valence electrons. The van der Waals surface area contributed by atoms with Gasteiger partial charge in [-0.15, -0.1) is 0 Å². The highest BCUT2D eigenvalue weighted by atomic mass is 16.5. The molecular weight excluding hydrogens is 260 g/mol. The second kappa shape index (κ2) is 6.69. The maximum atomic E-state index is 12.2. The van der Waals surface area contributed by atoms with Gasteiger partial charge in [0.25, 0.3) is 5.95 Å². The molecule has 2 unspecified atom stereocenters. The molecule has 1 amide bonds. The van der Waals surface area contributed by atoms with Gasteiger partial charge in [-0.1, -0.05) is 6.92 Å². The maximum Gasteiger partial charge on any atom is 0.265 e. The van der Waals surface area contributed by atoms with E-state index in [0.29, 0.717) is 11.8 Å². The Morgan fingerprint density at radius 3 is 2.95 bits per heavy atom. The first kappa shape index (κ1) is 14.8. The van der Waals surface area contributed by atoms with E-state index >= 15 is 0 Å². The minimum absolute atomic E-state index is 0.00107. The SMILES string of the molecule is CCC1OCCCC1C(=O)NCc1nc(N(C)C)no1. The Bertz CT molecular complexity index is 447. The number of ether oxygens (including phenoxy) is 1. The van der Waals surface area contributed by atoms with E-state index < -0.39 is 0 Å². The fourth-order valence-corrected chi connectivity index (χ4v) is 2.34. The number of hydrogen-bond acceptors (Lipinski definition) is 6. The molecule has 0 aromatic carbocycles. The molecule has 7 heteroatoms. The summed E-state index contributed by atoms with van der Waals surface area (Å²) in [6, 6.07) is 0. The molecule has 1 saturated heterocycles. The van der Waals surface area contributed by atoms with Crippen molar-refractivity contribution in [2.75, 3.05) is 25.6 Å². The van der Waals surface area contributed by atoms with Crippen LogP contribution in [0.3, 0.4) is 0 Å². The van der Waals surface area contributed by atoms with Crippen LogP contribution in [0.2, 0.25) is 0 Å². The summed E-state index contributed by atoms with van der Waals surface area (Å²) >= 11 is 0. The van der Waals surface area contributed by atoms with Gasteiger partial charge in [0.1, 0.15) is 0 Å². The van der Waals surface area contributed by atoms with E-state index in [-0.39, 0.29) is 24.5 Å². The lowest BCUT2D eigenvalue weighted by molar-refractivity contribution is -0.134. The van der Waals surface area contributed by atoms with Crippen LogP contribution >= 0.6 is 0 Å². The third kappa shape index (κ3) is 3.47. The highest BCUT2D eigenvalue weighted by molar-refractivity contribution is 5.79. The molecule has 1 N–H and O–H groups in total. The van der Waals surface area contributed by atoms with E-state index in [1.54, 1.807) is 4.90 Å². The Balaban J connectivity index is 1.87. The molecule has 2 rings (SSSR count). The van der Waals surface area contributed by atoms with Gasteiger partial charge in [-0.3, -0.25) is 4.79 Å². The van der Waals surface area contributed by atoms with Gasteiger partial charge in [0, 0.05) is 20.7 Å². The van der Waals surface area contributed by atoms with Crippen LogP contribution in [0.4, 0.5) is 5.95 Å². The predicted octanol–water partition coefficient (Wildman–Crippen LogP) is 0.957. The number of nitrogens with one attached hydrogen (secondary N) is 1. The highest BCUT2D eigenvalue weighted by Crippen LogP contribution is 2.23. The lowest BCUT2D eigenvalue weighted by Gasteiger charge is -2.29. The summed E-state index contributed by atoms with van der Waals surface area (Å²) in [6.07, 6.45) is 2.67. The van der Waals surface area contributed by atoms with Gasteiger partial charge in [-0.25, -0.2) is 0 Å². The van der Waals surface area contributed by atoms with Crippen molar-refractivity contribution in [2.45, 2.75) is 38.8 Å². The quantitative estimate of drug-likeness (QED) is 0.866. The summed E-state index contributed by atoms with van der Waals surface area (Å²) in [5, 5.41) is 6.65. The van der Waals surface area contributed by atoms with Crippen LogP contribution < -0.4 is 10.2 Å². The number of nitrogens with zero attached hydrogens (tertiary/aromatic N) is 3. The lowest BCUT2D eigenvalue weighted by Crippen LogP contribution is -2.41. The van der Waals surface area contributed by atoms with Gasteiger partial charge in [-0.2, -0.15) is 4.98 Å². The van der Waals surface area contributed by atoms with Gasteiger partial charge >= 0.3 is 0 Å². The van der Waals surface area contributed by atoms with E-state index in [9.17, 15) is 4.79 Å². The summed E-state index contributed by atoms with van der Waals surface area (Å²) in [5.74, 6) is 0.833. The van der Waals surface area contributed by atoms with Crippen molar-refractivity contribution in [2.24, 2.45) is 5.92 Å². The number of anilines is 1. The van der Waals surface area contributed by atoms with Crippen molar-refractivity contribution in [3.63, 3.8) is 0 Å². The average molecular weight is 282 g/mol. The third-order valence-corrected chi connectivity index (χ3v) is 3.45. The normalized spacial score (nSPS) is 22.6. The minimum Gasteiger partial charge on any atom is -0.377 e. The molecule has 1 aromatic heterocycles. The standard InChI is InChI=1S/C13H22N4O3/c1-4-10-9(6-5-7-19-10)12(18)14-8-11-15-13(16-20-11)17(2)3/h9-10H,4-8H2,1-3H3,(H,14,18). The Labute approximate surface area is 118 Å². The first-order chi connectivity index (χ1) is 9.61. The molecule has 1 aliphatic rings. The molecule has 7 nitrogen and oxygen atoms in total. The van der Waals surface area contributed by atoms with Crippen LogP contribution in [0.15, 0.2) is 4.52 Å². The summed E-state index contributed by atoms with van der Waals surface area (Å²) in [6.45, 7) is 3.04. The lowest BCUT2D eigenvalue weighted by atomic mass is 9.92. The van der Waals surface area contributed by atoms with E-state index in [1.165, 1.54) is 0 Å². The summed E-state index contributed by atoms with van der Waals surface area (Å²) in [7, 11) is 3.66. The molecule has 0 saturated carbocycles. The number of hydrogen-bond donors (Lipinski definition) is 1. The van der Waals surface area contributed by atoms with Crippen molar-refractivity contribution in [1.29, 1.82) is 0 Å². The van der Waals surface area contributed by atoms with Gasteiger partial charge in [0.05, 0.1) is 18.6 Å². The molecule has 2 atom stereocenters. The van der Waals surface area contributed by atoms with Crippen molar-refractivity contribution in [3.05, 3.63) is 5.89 Å². The molecule has 1 fully saturated rings. The van der Waals surface area contributed by atoms with Crippen molar-refractivity contribution >= 4 is 11.9 Å². The van der Waals surface area contributed by atoms with Gasteiger partial charge in [-0.05, 0) is 24.4 Å². The monoisotopic (exact) mass is 282 g/mol. The minimum atomic E-state index is -0.0787. The number of aromatic nitrogens is 2. The number of amides is 1. The molecule has 0 spiro atoms. The van der Waals surface area contributed by atoms with Gasteiger partial charge < -0.3 is 19.5 Å². The molecule has 0 bridgehead atoms. The fraction of sp³-hybridized carbons (Fsp3) is 0.769. The fourth-order valence-electron chi connectivity index (χ4n) is 2.34. The van der Waals surface area contributed by atoms with Crippen LogP contribution in [-0.2, 0) is 16.1 Å². The van der Waals surface area contributed by atoms with Crippen LogP contribution in [0.1, 0.15) is 32.1 Å². The largest absolute Gasteiger partial charge is 0.377 e. The van der Waals surface area contributed by atoms with E-state index in [2.05, 4.69) is 15.5 Å². The Hall–Kier alpha value is -1.63. The molecule has 1 aromatic rings. The van der Waals surface area contributed by atoms with Gasteiger partial charge in [0.2, 0.25) is 11.8 Å². The predicted molar refractivity (Wildman–Crippen MR) is 73.2 cm³/mol. The molecule has 0 aliphatic carbocycles. The Morgan fingerprint density at radius 2 is 2.30 bits per heavy atom. The van der Waals surface area contributed by atoms with Crippen molar-refractivity contribution in [1.82, 2.24) is 15.5 Å². The van der Waals surface area contributed by atoms with E-state index in [4.69, 9.17) is 9.26 Å². The summed E-state index contributed by atoms with van der Waals surface area (Å²) in [5.41, 5.74) is 0. The van der Waals surface area contributed by atoms with Gasteiger partial charge in [0.15, 0.2) is 0 Å². The zero-order valence-electron chi connectivity index (χ0n) is 12.3.